The Hall–Kier alpha value is -0.610. The lowest BCUT2D eigenvalue weighted by Crippen LogP contribution is -2.56. The molecule has 4 nitrogen and oxygen atoms in total. The van der Waals surface area contributed by atoms with Crippen LogP contribution in [0.4, 0.5) is 0 Å². The monoisotopic (exact) mass is 255 g/mol. The van der Waals surface area contributed by atoms with Gasteiger partial charge in [-0.2, -0.15) is 0 Å². The summed E-state index contributed by atoms with van der Waals surface area (Å²) in [5, 5.41) is 3.16. The Morgan fingerprint density at radius 1 is 1.33 bits per heavy atom. The van der Waals surface area contributed by atoms with Crippen LogP contribution in [0.2, 0.25) is 0 Å². The third kappa shape index (κ3) is 4.58. The van der Waals surface area contributed by atoms with Crippen LogP contribution in [-0.4, -0.2) is 43.0 Å². The number of likely N-dealkylation sites (N-methyl/N-ethyl adjacent to an activating group) is 1. The molecule has 1 aliphatic carbocycles. The van der Waals surface area contributed by atoms with Gasteiger partial charge in [-0.25, -0.2) is 0 Å². The highest BCUT2D eigenvalue weighted by molar-refractivity contribution is 5.86. The van der Waals surface area contributed by atoms with E-state index in [0.29, 0.717) is 5.92 Å². The molecule has 18 heavy (non-hydrogen) atoms. The zero-order valence-corrected chi connectivity index (χ0v) is 12.3. The lowest BCUT2D eigenvalue weighted by atomic mass is 9.96. The van der Waals surface area contributed by atoms with Gasteiger partial charge in [0, 0.05) is 12.6 Å². The molecule has 0 saturated heterocycles. The second kappa shape index (κ2) is 6.53. The van der Waals surface area contributed by atoms with E-state index in [0.717, 1.165) is 38.6 Å². The maximum atomic E-state index is 12.3. The van der Waals surface area contributed by atoms with Crippen LogP contribution in [0.3, 0.4) is 0 Å². The largest absolute Gasteiger partial charge is 0.350 e. The highest BCUT2D eigenvalue weighted by Gasteiger charge is 2.37. The second-order valence-electron chi connectivity index (χ2n) is 6.43. The molecule has 106 valence electrons. The van der Waals surface area contributed by atoms with E-state index in [9.17, 15) is 4.79 Å². The first-order valence-corrected chi connectivity index (χ1v) is 7.08. The van der Waals surface area contributed by atoms with Gasteiger partial charge in [-0.3, -0.25) is 4.79 Å². The van der Waals surface area contributed by atoms with Crippen LogP contribution in [-0.2, 0) is 4.79 Å². The fourth-order valence-corrected chi connectivity index (χ4v) is 2.75. The van der Waals surface area contributed by atoms with E-state index in [1.807, 2.05) is 14.1 Å². The number of nitrogens with one attached hydrogen (secondary N) is 1. The Balaban J connectivity index is 2.56. The quantitative estimate of drug-likeness (QED) is 0.753. The molecule has 1 rings (SSSR count). The van der Waals surface area contributed by atoms with Gasteiger partial charge in [0.25, 0.3) is 0 Å². The second-order valence-corrected chi connectivity index (χ2v) is 6.43. The number of rotatable bonds is 6. The molecule has 1 saturated carbocycles. The van der Waals surface area contributed by atoms with Gasteiger partial charge < -0.3 is 16.0 Å². The summed E-state index contributed by atoms with van der Waals surface area (Å²) >= 11 is 0. The number of nitrogens with zero attached hydrogens (tertiary/aromatic N) is 1. The SMILES string of the molecule is CC(C)CC(CN(C)C)NC(=O)C1(N)CCCC1. The van der Waals surface area contributed by atoms with Crippen molar-refractivity contribution < 1.29 is 4.79 Å². The smallest absolute Gasteiger partial charge is 0.240 e. The molecule has 4 heteroatoms. The van der Waals surface area contributed by atoms with Gasteiger partial charge in [-0.15, -0.1) is 0 Å². The van der Waals surface area contributed by atoms with Gasteiger partial charge in [0.2, 0.25) is 5.91 Å². The van der Waals surface area contributed by atoms with E-state index in [1.165, 1.54) is 0 Å². The minimum atomic E-state index is -0.610. The first kappa shape index (κ1) is 15.4. The molecular formula is C14H29N3O. The van der Waals surface area contributed by atoms with Crippen LogP contribution >= 0.6 is 0 Å². The standard InChI is InChI=1S/C14H29N3O/c1-11(2)9-12(10-17(3)4)16-13(18)14(15)7-5-6-8-14/h11-12H,5-10,15H2,1-4H3,(H,16,18). The van der Waals surface area contributed by atoms with Crippen molar-refractivity contribution in [3.63, 3.8) is 0 Å². The number of hydrogen-bond acceptors (Lipinski definition) is 3. The van der Waals surface area contributed by atoms with Crippen LogP contribution in [0.5, 0.6) is 0 Å². The molecule has 1 aliphatic rings. The molecule has 0 bridgehead atoms. The zero-order chi connectivity index (χ0) is 13.8. The highest BCUT2D eigenvalue weighted by atomic mass is 16.2. The Morgan fingerprint density at radius 2 is 1.89 bits per heavy atom. The maximum Gasteiger partial charge on any atom is 0.240 e. The summed E-state index contributed by atoms with van der Waals surface area (Å²) in [6.07, 6.45) is 4.81. The lowest BCUT2D eigenvalue weighted by molar-refractivity contribution is -0.127. The number of carbonyl (C=O) groups is 1. The number of hydrogen-bond donors (Lipinski definition) is 2. The van der Waals surface area contributed by atoms with Gasteiger partial charge in [0.1, 0.15) is 0 Å². The minimum Gasteiger partial charge on any atom is -0.350 e. The number of carbonyl (C=O) groups excluding carboxylic acids is 1. The molecule has 1 fully saturated rings. The van der Waals surface area contributed by atoms with Crippen molar-refractivity contribution in [3.05, 3.63) is 0 Å². The van der Waals surface area contributed by atoms with E-state index in [-0.39, 0.29) is 11.9 Å². The predicted octanol–water partition coefficient (Wildman–Crippen LogP) is 1.35. The molecule has 0 heterocycles. The lowest BCUT2D eigenvalue weighted by Gasteiger charge is -2.29. The predicted molar refractivity (Wildman–Crippen MR) is 75.3 cm³/mol. The maximum absolute atomic E-state index is 12.3. The van der Waals surface area contributed by atoms with Crippen molar-refractivity contribution in [2.24, 2.45) is 11.7 Å². The van der Waals surface area contributed by atoms with Gasteiger partial charge in [0.05, 0.1) is 5.54 Å². The van der Waals surface area contributed by atoms with E-state index in [4.69, 9.17) is 5.73 Å². The van der Waals surface area contributed by atoms with Crippen molar-refractivity contribution in [2.45, 2.75) is 57.5 Å². The fraction of sp³-hybridized carbons (Fsp3) is 0.929. The molecule has 0 aromatic carbocycles. The molecule has 1 unspecified atom stereocenters. The van der Waals surface area contributed by atoms with Crippen LogP contribution in [0, 0.1) is 5.92 Å². The van der Waals surface area contributed by atoms with E-state index >= 15 is 0 Å². The van der Waals surface area contributed by atoms with Crippen LogP contribution in [0.15, 0.2) is 0 Å². The molecule has 1 amide bonds. The molecule has 0 aromatic rings. The van der Waals surface area contributed by atoms with Gasteiger partial charge in [-0.1, -0.05) is 26.7 Å². The number of amides is 1. The summed E-state index contributed by atoms with van der Waals surface area (Å²) < 4.78 is 0. The van der Waals surface area contributed by atoms with Gasteiger partial charge in [0.15, 0.2) is 0 Å². The summed E-state index contributed by atoms with van der Waals surface area (Å²) in [6, 6.07) is 0.202. The third-order valence-corrected chi connectivity index (χ3v) is 3.62. The minimum absolute atomic E-state index is 0.0486. The summed E-state index contributed by atoms with van der Waals surface area (Å²) in [6.45, 7) is 5.24. The fourth-order valence-electron chi connectivity index (χ4n) is 2.75. The Bertz CT molecular complexity index is 260. The van der Waals surface area contributed by atoms with Crippen molar-refractivity contribution in [1.82, 2.24) is 10.2 Å². The third-order valence-electron chi connectivity index (χ3n) is 3.62. The average molecular weight is 255 g/mol. The van der Waals surface area contributed by atoms with Crippen LogP contribution in [0.1, 0.15) is 46.0 Å². The topological polar surface area (TPSA) is 58.4 Å². The van der Waals surface area contributed by atoms with Gasteiger partial charge >= 0.3 is 0 Å². The van der Waals surface area contributed by atoms with Crippen molar-refractivity contribution in [1.29, 1.82) is 0 Å². The Kier molecular flexibility index (Phi) is 5.60. The summed E-state index contributed by atoms with van der Waals surface area (Å²) in [5.74, 6) is 0.625. The van der Waals surface area contributed by atoms with Gasteiger partial charge in [-0.05, 0) is 39.3 Å². The zero-order valence-electron chi connectivity index (χ0n) is 12.3. The summed E-state index contributed by atoms with van der Waals surface area (Å²) in [7, 11) is 4.07. The first-order valence-electron chi connectivity index (χ1n) is 7.08. The summed E-state index contributed by atoms with van der Waals surface area (Å²) in [5.41, 5.74) is 5.58. The van der Waals surface area contributed by atoms with Crippen molar-refractivity contribution >= 4 is 5.91 Å². The number of nitrogens with two attached hydrogens (primary N) is 1. The molecule has 3 N–H and O–H groups in total. The van der Waals surface area contributed by atoms with Crippen LogP contribution < -0.4 is 11.1 Å². The van der Waals surface area contributed by atoms with Crippen molar-refractivity contribution in [3.8, 4) is 0 Å². The molecule has 0 aromatic heterocycles. The Morgan fingerprint density at radius 3 is 2.33 bits per heavy atom. The van der Waals surface area contributed by atoms with E-state index in [1.54, 1.807) is 0 Å². The normalized spacial score (nSPS) is 20.4. The molecular weight excluding hydrogens is 226 g/mol. The molecule has 0 radical (unpaired) electrons. The average Bonchev–Trinajstić information content (AvgIpc) is 2.64. The Labute approximate surface area is 111 Å². The van der Waals surface area contributed by atoms with E-state index < -0.39 is 5.54 Å². The first-order chi connectivity index (χ1) is 8.33. The molecule has 0 spiro atoms. The van der Waals surface area contributed by atoms with E-state index in [2.05, 4.69) is 24.1 Å². The summed E-state index contributed by atoms with van der Waals surface area (Å²) in [4.78, 5) is 14.4. The van der Waals surface area contributed by atoms with Crippen molar-refractivity contribution in [2.75, 3.05) is 20.6 Å². The highest BCUT2D eigenvalue weighted by Crippen LogP contribution is 2.27. The molecule has 1 atom stereocenters. The molecule has 0 aliphatic heterocycles. The van der Waals surface area contributed by atoms with Crippen LogP contribution in [0.25, 0.3) is 0 Å².